The van der Waals surface area contributed by atoms with Gasteiger partial charge in [-0.15, -0.1) is 22.7 Å². The Hall–Kier alpha value is -2.75. The number of rotatable bonds is 4. The van der Waals surface area contributed by atoms with E-state index in [4.69, 9.17) is 0 Å². The normalized spacial score (nSPS) is 15.1. The fraction of sp³-hybridized carbons (Fsp3) is 0.318. The van der Waals surface area contributed by atoms with Crippen LogP contribution in [0, 0.1) is 13.8 Å². The van der Waals surface area contributed by atoms with Crippen LogP contribution in [0.25, 0.3) is 15.3 Å². The van der Waals surface area contributed by atoms with Gasteiger partial charge in [0.1, 0.15) is 4.83 Å². The lowest BCUT2D eigenvalue weighted by atomic mass is 10.1. The number of fused-ring (bicyclic) bond motifs is 3. The molecule has 4 aromatic rings. The van der Waals surface area contributed by atoms with Crippen LogP contribution < -0.4 is 5.32 Å². The highest BCUT2D eigenvalue weighted by atomic mass is 32.1. The lowest BCUT2D eigenvalue weighted by Crippen LogP contribution is -2.50. The van der Waals surface area contributed by atoms with Crippen LogP contribution in [0.4, 0.5) is 5.69 Å². The summed E-state index contributed by atoms with van der Waals surface area (Å²) in [6.45, 7) is 6.93. The molecular weight excluding hydrogens is 430 g/mol. The van der Waals surface area contributed by atoms with Crippen LogP contribution in [0.2, 0.25) is 0 Å². The number of aryl methyl sites for hydroxylation is 2. The third-order valence-electron chi connectivity index (χ3n) is 5.72. The third-order valence-corrected chi connectivity index (χ3v) is 7.49. The predicted molar refractivity (Wildman–Crippen MR) is 125 cm³/mol. The molecule has 9 heteroatoms. The number of piperazine rings is 1. The van der Waals surface area contributed by atoms with Crippen molar-refractivity contribution in [2.75, 3.05) is 38.0 Å². The Labute approximate surface area is 187 Å². The van der Waals surface area contributed by atoms with Gasteiger partial charge in [-0.1, -0.05) is 18.2 Å². The molecule has 0 atom stereocenters. The number of thiophene rings is 1. The van der Waals surface area contributed by atoms with Crippen molar-refractivity contribution >= 4 is 55.5 Å². The zero-order chi connectivity index (χ0) is 21.5. The molecule has 1 aromatic carbocycles. The number of thiazole rings is 1. The Kier molecular flexibility index (Phi) is 5.25. The number of hydrogen-bond donors (Lipinski definition) is 1. The van der Waals surface area contributed by atoms with Crippen LogP contribution in [0.5, 0.6) is 0 Å². The Bertz CT molecular complexity index is 1260. The summed E-state index contributed by atoms with van der Waals surface area (Å²) in [6, 6.07) is 7.93. The molecule has 31 heavy (non-hydrogen) atoms. The second-order valence-electron chi connectivity index (χ2n) is 7.85. The molecule has 1 aliphatic rings. The van der Waals surface area contributed by atoms with Gasteiger partial charge in [-0.2, -0.15) is 0 Å². The largest absolute Gasteiger partial charge is 0.335 e. The minimum atomic E-state index is -0.0166. The number of carbonyl (C=O) groups excluding carboxylic acids is 2. The number of hydrogen-bond acceptors (Lipinski definition) is 6. The number of nitrogens with zero attached hydrogens (tertiary/aromatic N) is 4. The van der Waals surface area contributed by atoms with Gasteiger partial charge in [0.15, 0.2) is 4.96 Å². The van der Waals surface area contributed by atoms with E-state index in [1.54, 1.807) is 11.3 Å². The number of carbonyl (C=O) groups is 2. The van der Waals surface area contributed by atoms with Crippen molar-refractivity contribution in [1.82, 2.24) is 19.2 Å². The van der Waals surface area contributed by atoms with Gasteiger partial charge in [0.05, 0.1) is 16.9 Å². The van der Waals surface area contributed by atoms with Crippen molar-refractivity contribution in [3.05, 3.63) is 51.8 Å². The molecule has 0 radical (unpaired) electrons. The molecule has 0 aliphatic carbocycles. The van der Waals surface area contributed by atoms with Gasteiger partial charge in [0.25, 0.3) is 5.91 Å². The molecular formula is C22H23N5O2S2. The van der Waals surface area contributed by atoms with Crippen LogP contribution >= 0.6 is 22.7 Å². The number of anilines is 1. The molecule has 0 saturated carbocycles. The van der Waals surface area contributed by atoms with Gasteiger partial charge in [-0.25, -0.2) is 4.98 Å². The Morgan fingerprint density at radius 2 is 1.87 bits per heavy atom. The molecule has 0 bridgehead atoms. The van der Waals surface area contributed by atoms with Crippen LogP contribution in [-0.4, -0.2) is 63.7 Å². The lowest BCUT2D eigenvalue weighted by molar-refractivity contribution is -0.117. The average molecular weight is 454 g/mol. The minimum absolute atomic E-state index is 0.0166. The first-order chi connectivity index (χ1) is 15.0. The van der Waals surface area contributed by atoms with E-state index >= 15 is 0 Å². The number of imidazole rings is 1. The van der Waals surface area contributed by atoms with E-state index < -0.39 is 0 Å². The van der Waals surface area contributed by atoms with Crippen LogP contribution in [0.3, 0.4) is 0 Å². The monoisotopic (exact) mass is 453 g/mol. The van der Waals surface area contributed by atoms with E-state index in [2.05, 4.69) is 15.2 Å². The number of para-hydroxylation sites is 1. The molecule has 160 valence electrons. The fourth-order valence-corrected chi connectivity index (χ4v) is 5.78. The summed E-state index contributed by atoms with van der Waals surface area (Å²) in [5.74, 6) is 0.0312. The molecule has 1 N–H and O–H groups in total. The number of aromatic nitrogens is 2. The second-order valence-corrected chi connectivity index (χ2v) is 9.76. The van der Waals surface area contributed by atoms with E-state index in [9.17, 15) is 9.59 Å². The van der Waals surface area contributed by atoms with Crippen LogP contribution in [0.15, 0.2) is 35.8 Å². The molecule has 1 fully saturated rings. The molecule has 1 saturated heterocycles. The molecule has 0 unspecified atom stereocenters. The molecule has 5 rings (SSSR count). The second kappa shape index (κ2) is 8.07. The minimum Gasteiger partial charge on any atom is -0.335 e. The lowest BCUT2D eigenvalue weighted by Gasteiger charge is -2.34. The predicted octanol–water partition coefficient (Wildman–Crippen LogP) is 3.62. The van der Waals surface area contributed by atoms with Crippen molar-refractivity contribution in [2.24, 2.45) is 0 Å². The van der Waals surface area contributed by atoms with Gasteiger partial charge in [-0.3, -0.25) is 18.9 Å². The summed E-state index contributed by atoms with van der Waals surface area (Å²) in [4.78, 5) is 36.7. The smallest absolute Gasteiger partial charge is 0.264 e. The molecule has 3 aromatic heterocycles. The Balaban J connectivity index is 1.18. The topological polar surface area (TPSA) is 70.0 Å². The standard InChI is InChI=1S/C22H23N5O2S2/c1-14-4-3-5-15(2)19(14)23-18(28)13-25-6-8-26(9-7-25)21(29)17-12-16-20(31-17)24-22-27(16)10-11-30-22/h3-5,10-12H,6-9,13H2,1-2H3,(H,23,28). The average Bonchev–Trinajstić information content (AvgIpc) is 3.43. The van der Waals surface area contributed by atoms with Crippen molar-refractivity contribution < 1.29 is 9.59 Å². The molecule has 7 nitrogen and oxygen atoms in total. The highest BCUT2D eigenvalue weighted by Crippen LogP contribution is 2.29. The van der Waals surface area contributed by atoms with Crippen LogP contribution in [-0.2, 0) is 4.79 Å². The van der Waals surface area contributed by atoms with Gasteiger partial charge < -0.3 is 10.2 Å². The molecule has 0 spiro atoms. The fourth-order valence-electron chi connectivity index (χ4n) is 4.01. The van der Waals surface area contributed by atoms with Gasteiger partial charge in [0.2, 0.25) is 5.91 Å². The van der Waals surface area contributed by atoms with Crippen molar-refractivity contribution in [3.8, 4) is 0 Å². The zero-order valence-electron chi connectivity index (χ0n) is 17.4. The van der Waals surface area contributed by atoms with E-state index in [1.807, 2.05) is 59.0 Å². The maximum atomic E-state index is 13.0. The summed E-state index contributed by atoms with van der Waals surface area (Å²) in [7, 11) is 0. The summed E-state index contributed by atoms with van der Waals surface area (Å²) >= 11 is 3.04. The van der Waals surface area contributed by atoms with Crippen LogP contribution in [0.1, 0.15) is 20.8 Å². The highest BCUT2D eigenvalue weighted by Gasteiger charge is 2.25. The summed E-state index contributed by atoms with van der Waals surface area (Å²) in [5.41, 5.74) is 4.01. The molecule has 2 amide bonds. The molecule has 1 aliphatic heterocycles. The van der Waals surface area contributed by atoms with Gasteiger partial charge in [0, 0.05) is 43.4 Å². The Morgan fingerprint density at radius 3 is 2.61 bits per heavy atom. The van der Waals surface area contributed by atoms with Gasteiger partial charge in [-0.05, 0) is 31.0 Å². The van der Waals surface area contributed by atoms with Crippen molar-refractivity contribution in [3.63, 3.8) is 0 Å². The summed E-state index contributed by atoms with van der Waals surface area (Å²) in [6.07, 6.45) is 1.98. The van der Waals surface area contributed by atoms with E-state index in [0.717, 1.165) is 37.0 Å². The third kappa shape index (κ3) is 3.84. The number of benzene rings is 1. The van der Waals surface area contributed by atoms with E-state index in [1.165, 1.54) is 11.3 Å². The SMILES string of the molecule is Cc1cccc(C)c1NC(=O)CN1CCN(C(=O)c2cc3c(nc4sccn43)s2)CC1. The zero-order valence-corrected chi connectivity index (χ0v) is 19.1. The van der Waals surface area contributed by atoms with Crippen molar-refractivity contribution in [2.45, 2.75) is 13.8 Å². The van der Waals surface area contributed by atoms with Gasteiger partial charge >= 0.3 is 0 Å². The first kappa shape index (κ1) is 20.2. The first-order valence-corrected chi connectivity index (χ1v) is 11.9. The molecule has 4 heterocycles. The number of nitrogens with one attached hydrogen (secondary N) is 1. The quantitative estimate of drug-likeness (QED) is 0.512. The summed E-state index contributed by atoms with van der Waals surface area (Å²) in [5, 5.41) is 5.04. The maximum Gasteiger partial charge on any atom is 0.264 e. The summed E-state index contributed by atoms with van der Waals surface area (Å²) < 4.78 is 2.03. The maximum absolute atomic E-state index is 13.0. The van der Waals surface area contributed by atoms with E-state index in [-0.39, 0.29) is 11.8 Å². The van der Waals surface area contributed by atoms with Crippen molar-refractivity contribution in [1.29, 1.82) is 0 Å². The number of amides is 2. The first-order valence-electron chi connectivity index (χ1n) is 10.2. The highest BCUT2D eigenvalue weighted by molar-refractivity contribution is 7.21. The van der Waals surface area contributed by atoms with E-state index in [0.29, 0.717) is 32.7 Å². The Morgan fingerprint density at radius 1 is 1.13 bits per heavy atom.